The second-order valence-electron chi connectivity index (χ2n) is 3.08. The smallest absolute Gasteiger partial charge is 0.236 e. The van der Waals surface area contributed by atoms with E-state index in [4.69, 9.17) is 10.9 Å². The number of nitrogens with one attached hydrogen (secondary N) is 1. The number of amides is 1. The molecule has 0 fully saturated rings. The average Bonchev–Trinajstić information content (AvgIpc) is 2.25. The van der Waals surface area contributed by atoms with Crippen LogP contribution in [-0.2, 0) is 4.79 Å². The fourth-order valence-electron chi connectivity index (χ4n) is 1.15. The number of rotatable bonds is 7. The average molecular weight is 216 g/mol. The van der Waals surface area contributed by atoms with Gasteiger partial charge in [0.2, 0.25) is 5.91 Å². The van der Waals surface area contributed by atoms with Gasteiger partial charge >= 0.3 is 0 Å². The molecule has 0 aliphatic rings. The van der Waals surface area contributed by atoms with Gasteiger partial charge in [-0.15, -0.1) is 0 Å². The lowest BCUT2D eigenvalue weighted by molar-refractivity contribution is -0.129. The summed E-state index contributed by atoms with van der Waals surface area (Å²) in [4.78, 5) is 13.2. The van der Waals surface area contributed by atoms with Crippen LogP contribution in [0.1, 0.15) is 20.3 Å². The zero-order chi connectivity index (χ0) is 11.7. The molecule has 0 aliphatic heterocycles. The molecule has 1 amide bonds. The Hall–Kier alpha value is -1.30. The number of amidine groups is 1. The summed E-state index contributed by atoms with van der Waals surface area (Å²) in [6, 6.07) is 0. The van der Waals surface area contributed by atoms with Crippen LogP contribution in [0.25, 0.3) is 0 Å². The monoisotopic (exact) mass is 216 g/mol. The fraction of sp³-hybridized carbons (Fsp3) is 0.778. The highest BCUT2D eigenvalue weighted by Gasteiger charge is 2.07. The minimum atomic E-state index is 0.0690. The first-order valence-electron chi connectivity index (χ1n) is 5.10. The van der Waals surface area contributed by atoms with Crippen molar-refractivity contribution in [3.05, 3.63) is 0 Å². The standard InChI is InChI=1S/C9H20N4O2/c1-3-13(4-2)9(14)7-11-6-5-8(10)12-15/h11,15H,3-7H2,1-2H3,(H2,10,12). The van der Waals surface area contributed by atoms with Crippen molar-refractivity contribution >= 4 is 11.7 Å². The molecule has 0 saturated heterocycles. The Bertz CT molecular complexity index is 214. The highest BCUT2D eigenvalue weighted by Crippen LogP contribution is 1.87. The molecule has 0 aromatic carbocycles. The van der Waals surface area contributed by atoms with Crippen molar-refractivity contribution in [3.63, 3.8) is 0 Å². The molecule has 0 atom stereocenters. The zero-order valence-electron chi connectivity index (χ0n) is 9.36. The predicted molar refractivity (Wildman–Crippen MR) is 58.8 cm³/mol. The Kier molecular flexibility index (Phi) is 7.35. The predicted octanol–water partition coefficient (Wildman–Crippen LogP) is -0.419. The number of nitrogens with two attached hydrogens (primary N) is 1. The van der Waals surface area contributed by atoms with E-state index in [2.05, 4.69) is 10.5 Å². The summed E-state index contributed by atoms with van der Waals surface area (Å²) in [5.41, 5.74) is 5.27. The van der Waals surface area contributed by atoms with E-state index in [0.29, 0.717) is 19.5 Å². The lowest BCUT2D eigenvalue weighted by Gasteiger charge is -2.18. The van der Waals surface area contributed by atoms with Crippen molar-refractivity contribution in [2.75, 3.05) is 26.2 Å². The second-order valence-corrected chi connectivity index (χ2v) is 3.08. The maximum absolute atomic E-state index is 11.5. The molecular formula is C9H20N4O2. The van der Waals surface area contributed by atoms with Gasteiger partial charge in [0.15, 0.2) is 0 Å². The molecule has 0 radical (unpaired) electrons. The highest BCUT2D eigenvalue weighted by atomic mass is 16.4. The first kappa shape index (κ1) is 13.7. The number of nitrogens with zero attached hydrogens (tertiary/aromatic N) is 2. The minimum absolute atomic E-state index is 0.0690. The van der Waals surface area contributed by atoms with E-state index in [9.17, 15) is 4.79 Å². The van der Waals surface area contributed by atoms with Gasteiger partial charge in [-0.1, -0.05) is 5.16 Å². The number of hydrogen-bond donors (Lipinski definition) is 3. The zero-order valence-corrected chi connectivity index (χ0v) is 9.36. The van der Waals surface area contributed by atoms with E-state index >= 15 is 0 Å². The van der Waals surface area contributed by atoms with Crippen molar-refractivity contribution < 1.29 is 10.0 Å². The van der Waals surface area contributed by atoms with Crippen molar-refractivity contribution in [2.45, 2.75) is 20.3 Å². The highest BCUT2D eigenvalue weighted by molar-refractivity contribution is 5.80. The maximum atomic E-state index is 11.5. The summed E-state index contributed by atoms with van der Waals surface area (Å²) < 4.78 is 0. The van der Waals surface area contributed by atoms with Gasteiger partial charge in [-0.05, 0) is 13.8 Å². The maximum Gasteiger partial charge on any atom is 0.236 e. The summed E-state index contributed by atoms with van der Waals surface area (Å²) in [5.74, 6) is 0.234. The largest absolute Gasteiger partial charge is 0.409 e. The quantitative estimate of drug-likeness (QED) is 0.177. The summed E-state index contributed by atoms with van der Waals surface area (Å²) in [7, 11) is 0. The SMILES string of the molecule is CCN(CC)C(=O)CNCCC(N)=NO. The van der Waals surface area contributed by atoms with Gasteiger partial charge in [-0.25, -0.2) is 0 Å². The summed E-state index contributed by atoms with van der Waals surface area (Å²) >= 11 is 0. The Labute approximate surface area is 90.1 Å². The van der Waals surface area contributed by atoms with E-state index in [-0.39, 0.29) is 11.7 Å². The lowest BCUT2D eigenvalue weighted by Crippen LogP contribution is -2.38. The van der Waals surface area contributed by atoms with Crippen LogP contribution in [0.5, 0.6) is 0 Å². The Morgan fingerprint density at radius 2 is 2.07 bits per heavy atom. The van der Waals surface area contributed by atoms with Crippen LogP contribution in [-0.4, -0.2) is 48.0 Å². The van der Waals surface area contributed by atoms with E-state index in [0.717, 1.165) is 13.1 Å². The van der Waals surface area contributed by atoms with E-state index in [1.54, 1.807) is 4.90 Å². The van der Waals surface area contributed by atoms with Crippen molar-refractivity contribution in [1.29, 1.82) is 0 Å². The first-order chi connectivity index (χ1) is 7.15. The Morgan fingerprint density at radius 3 is 2.53 bits per heavy atom. The number of hydrogen-bond acceptors (Lipinski definition) is 4. The van der Waals surface area contributed by atoms with Crippen LogP contribution in [0, 0.1) is 0 Å². The molecule has 0 spiro atoms. The molecule has 0 aromatic heterocycles. The number of likely N-dealkylation sites (N-methyl/N-ethyl adjacent to an activating group) is 1. The number of carbonyl (C=O) groups excluding carboxylic acids is 1. The first-order valence-corrected chi connectivity index (χ1v) is 5.10. The van der Waals surface area contributed by atoms with Crippen molar-refractivity contribution in [1.82, 2.24) is 10.2 Å². The van der Waals surface area contributed by atoms with Crippen LogP contribution >= 0.6 is 0 Å². The van der Waals surface area contributed by atoms with Gasteiger partial charge in [0.25, 0.3) is 0 Å². The fourth-order valence-corrected chi connectivity index (χ4v) is 1.15. The molecule has 0 aromatic rings. The lowest BCUT2D eigenvalue weighted by atomic mass is 10.4. The normalized spacial score (nSPS) is 11.5. The Balaban J connectivity index is 3.63. The second kappa shape index (κ2) is 8.05. The molecule has 0 unspecified atom stereocenters. The molecule has 15 heavy (non-hydrogen) atoms. The van der Waals surface area contributed by atoms with Crippen molar-refractivity contribution in [2.24, 2.45) is 10.9 Å². The molecule has 0 rings (SSSR count). The third-order valence-corrected chi connectivity index (χ3v) is 2.08. The number of oxime groups is 1. The van der Waals surface area contributed by atoms with Crippen LogP contribution in [0.4, 0.5) is 0 Å². The molecule has 88 valence electrons. The molecule has 0 heterocycles. The van der Waals surface area contributed by atoms with Crippen LogP contribution in [0.3, 0.4) is 0 Å². The van der Waals surface area contributed by atoms with E-state index in [1.807, 2.05) is 13.8 Å². The summed E-state index contributed by atoms with van der Waals surface area (Å²) in [6.07, 6.45) is 0.433. The Morgan fingerprint density at radius 1 is 1.47 bits per heavy atom. The third kappa shape index (κ3) is 5.90. The molecular weight excluding hydrogens is 196 g/mol. The molecule has 4 N–H and O–H groups in total. The molecule has 0 aliphatic carbocycles. The number of carbonyl (C=O) groups is 1. The van der Waals surface area contributed by atoms with Crippen LogP contribution in [0.2, 0.25) is 0 Å². The van der Waals surface area contributed by atoms with Crippen molar-refractivity contribution in [3.8, 4) is 0 Å². The topological polar surface area (TPSA) is 91.0 Å². The molecule has 0 saturated carbocycles. The van der Waals surface area contributed by atoms with Gasteiger partial charge in [-0.3, -0.25) is 4.79 Å². The summed E-state index contributed by atoms with van der Waals surface area (Å²) in [6.45, 7) is 6.15. The minimum Gasteiger partial charge on any atom is -0.409 e. The molecule has 0 bridgehead atoms. The van der Waals surface area contributed by atoms with Crippen LogP contribution in [0.15, 0.2) is 5.16 Å². The van der Waals surface area contributed by atoms with Gasteiger partial charge in [0, 0.05) is 26.1 Å². The van der Waals surface area contributed by atoms with Gasteiger partial charge in [-0.2, -0.15) is 0 Å². The van der Waals surface area contributed by atoms with Gasteiger partial charge in [0.1, 0.15) is 5.84 Å². The van der Waals surface area contributed by atoms with Crippen LogP contribution < -0.4 is 11.1 Å². The third-order valence-electron chi connectivity index (χ3n) is 2.08. The summed E-state index contributed by atoms with van der Waals surface area (Å²) in [5, 5.41) is 14.0. The van der Waals surface area contributed by atoms with Gasteiger partial charge in [0.05, 0.1) is 6.54 Å². The molecule has 6 heteroatoms. The molecule has 6 nitrogen and oxygen atoms in total. The van der Waals surface area contributed by atoms with E-state index < -0.39 is 0 Å². The van der Waals surface area contributed by atoms with E-state index in [1.165, 1.54) is 0 Å². The van der Waals surface area contributed by atoms with Gasteiger partial charge < -0.3 is 21.2 Å².